The fourth-order valence-corrected chi connectivity index (χ4v) is 0. The molecule has 0 aliphatic carbocycles. The minimum Gasteiger partial charge on any atom is -0.172 e. The molecule has 2 heteroatoms. The molecule has 0 aromatic carbocycles. The van der Waals surface area contributed by atoms with Crippen molar-refractivity contribution < 1.29 is 0 Å². The van der Waals surface area contributed by atoms with E-state index in [1.54, 1.807) is 0 Å². The highest BCUT2D eigenvalue weighted by atomic mass is 32.1. The van der Waals surface area contributed by atoms with E-state index in [-0.39, 0.29) is 4.99 Å². The zero-order valence-corrected chi connectivity index (χ0v) is 4.36. The van der Waals surface area contributed by atoms with Gasteiger partial charge < -0.3 is 0 Å². The molecule has 2 unspecified atom stereocenters. The molecule has 0 heterocycles. The molecule has 0 spiro atoms. The zero-order chi connectivity index (χ0) is 3.58. The van der Waals surface area contributed by atoms with E-state index in [2.05, 4.69) is 28.8 Å². The summed E-state index contributed by atoms with van der Waals surface area (Å²) in [6.07, 6.45) is 0. The zero-order valence-electron chi connectivity index (χ0n) is 2.31. The highest BCUT2D eigenvalue weighted by Crippen LogP contribution is 1.98. The van der Waals surface area contributed by atoms with Crippen LogP contribution in [0.5, 0.6) is 0 Å². The lowest BCUT2D eigenvalue weighted by molar-refractivity contribution is 1.71. The lowest BCUT2D eigenvalue weighted by Crippen LogP contribution is -1.63. The van der Waals surface area contributed by atoms with E-state index in [1.807, 2.05) is 0 Å². The van der Waals surface area contributed by atoms with Gasteiger partial charge in [-0.05, 0) is 6.92 Å². The highest BCUT2D eigenvalue weighted by molar-refractivity contribution is 7.85. The van der Waals surface area contributed by atoms with Gasteiger partial charge in [0.2, 0.25) is 0 Å². The maximum Gasteiger partial charge on any atom is 0.0161 e. The molecule has 25 valence electrons. The smallest absolute Gasteiger partial charge is 0.0161 e. The fraction of sp³-hybridized carbons (Fsp3) is 0.500. The van der Waals surface area contributed by atoms with Gasteiger partial charge in [-0.15, -0.1) is 9.24 Å². The molecule has 0 saturated heterocycles. The third-order valence-electron chi connectivity index (χ3n) is 0. The lowest BCUT2D eigenvalue weighted by Gasteiger charge is -1.78. The molecule has 0 aromatic heterocycles. The third kappa shape index (κ3) is 14.5. The lowest BCUT2D eigenvalue weighted by atomic mass is 11.0. The summed E-state index contributed by atoms with van der Waals surface area (Å²) in [4.78, 5) is 0.194. The number of rotatable bonds is 0. The van der Waals surface area contributed by atoms with Crippen LogP contribution >= 0.6 is 21.9 Å². The first kappa shape index (κ1) is 4.78. The van der Waals surface area contributed by atoms with Crippen molar-refractivity contribution in [2.75, 3.05) is 0 Å². The molecule has 1 radical (unpaired) electrons. The monoisotopic (exact) mass is 93.0 g/mol. The number of thiol groups is 1. The average Bonchev–Trinajstić information content (AvgIpc) is 0.811. The van der Waals surface area contributed by atoms with Crippen molar-refractivity contribution in [1.29, 1.82) is 0 Å². The van der Waals surface area contributed by atoms with E-state index < -0.39 is 0 Å². The Morgan fingerprint density at radius 2 is 2.00 bits per heavy atom. The summed E-state index contributed by atoms with van der Waals surface area (Å²) < 4.78 is 0. The van der Waals surface area contributed by atoms with Crippen LogP contribution in [0.2, 0.25) is 0 Å². The van der Waals surface area contributed by atoms with Gasteiger partial charge in [0.15, 0.2) is 0 Å². The van der Waals surface area contributed by atoms with Gasteiger partial charge >= 0.3 is 0 Å². The van der Waals surface area contributed by atoms with Crippen molar-refractivity contribution >= 4 is 21.9 Å². The van der Waals surface area contributed by atoms with Crippen molar-refractivity contribution in [3.8, 4) is 0 Å². The Hall–Kier alpha value is 0.780. The molecule has 0 aromatic rings. The van der Waals surface area contributed by atoms with E-state index in [9.17, 15) is 0 Å². The molecule has 0 nitrogen and oxygen atoms in total. The molecule has 0 fully saturated rings. The molecule has 0 aliphatic rings. The molecule has 4 heavy (non-hydrogen) atoms. The van der Waals surface area contributed by atoms with Crippen LogP contribution < -0.4 is 0 Å². The van der Waals surface area contributed by atoms with Crippen molar-refractivity contribution in [2.24, 2.45) is 0 Å². The van der Waals surface area contributed by atoms with Crippen LogP contribution in [0, 0.1) is 6.92 Å². The van der Waals surface area contributed by atoms with Crippen LogP contribution in [-0.4, -0.2) is 4.99 Å². The summed E-state index contributed by atoms with van der Waals surface area (Å²) in [6.45, 7) is 3.47. The first-order chi connectivity index (χ1) is 1.73. The van der Waals surface area contributed by atoms with Gasteiger partial charge in [0, 0.05) is 4.99 Å². The Labute approximate surface area is 34.6 Å². The molecule has 2 atom stereocenters. The first-order valence-electron chi connectivity index (χ1n) is 1.000. The van der Waals surface area contributed by atoms with E-state index in [0.717, 1.165) is 0 Å². The Morgan fingerprint density at radius 3 is 2.00 bits per heavy atom. The fourth-order valence-electron chi connectivity index (χ4n) is 0. The molecule has 0 saturated carbocycles. The largest absolute Gasteiger partial charge is 0.172 e. The SMILES string of the molecule is [CH2]C(P)S. The summed E-state index contributed by atoms with van der Waals surface area (Å²) >= 11 is 3.82. The highest BCUT2D eigenvalue weighted by Gasteiger charge is 1.69. The normalized spacial score (nSPS) is 15.8. The standard InChI is InChI=1S/C2H6PS/c1-2(3)4/h2,4H,1,3H2. The van der Waals surface area contributed by atoms with E-state index in [1.165, 1.54) is 0 Å². The van der Waals surface area contributed by atoms with E-state index >= 15 is 0 Å². The summed E-state index contributed by atoms with van der Waals surface area (Å²) in [6, 6.07) is 0. The van der Waals surface area contributed by atoms with Crippen LogP contribution in [0.1, 0.15) is 0 Å². The predicted octanol–water partition coefficient (Wildman–Crippen LogP) is 0.951. The molecular formula is C2H6PS. The van der Waals surface area contributed by atoms with Gasteiger partial charge in [0.05, 0.1) is 0 Å². The van der Waals surface area contributed by atoms with Crippen LogP contribution in [0.4, 0.5) is 0 Å². The second kappa shape index (κ2) is 2.04. The average molecular weight is 93.1 g/mol. The summed E-state index contributed by atoms with van der Waals surface area (Å²) in [5.74, 6) is 0. The van der Waals surface area contributed by atoms with Crippen molar-refractivity contribution in [2.45, 2.75) is 4.99 Å². The topological polar surface area (TPSA) is 0 Å². The van der Waals surface area contributed by atoms with Crippen LogP contribution in [0.25, 0.3) is 0 Å². The Morgan fingerprint density at radius 1 is 2.00 bits per heavy atom. The quantitative estimate of drug-likeness (QED) is 0.334. The second-order valence-corrected chi connectivity index (χ2v) is 2.60. The maximum atomic E-state index is 3.82. The number of hydrogen-bond acceptors (Lipinski definition) is 1. The molecule has 0 rings (SSSR count). The predicted molar refractivity (Wildman–Crippen MR) is 27.8 cm³/mol. The Kier molecular flexibility index (Phi) is 2.44. The third-order valence-corrected chi connectivity index (χ3v) is 0. The molecule has 0 bridgehead atoms. The molecule has 0 aliphatic heterocycles. The minimum atomic E-state index is 0.194. The van der Waals surface area contributed by atoms with Gasteiger partial charge in [0.1, 0.15) is 0 Å². The first-order valence-corrected chi connectivity index (χ1v) is 2.18. The second-order valence-electron chi connectivity index (χ2n) is 0.567. The van der Waals surface area contributed by atoms with Crippen molar-refractivity contribution in [1.82, 2.24) is 0 Å². The van der Waals surface area contributed by atoms with Crippen LogP contribution in [-0.2, 0) is 0 Å². The van der Waals surface area contributed by atoms with Gasteiger partial charge in [-0.3, -0.25) is 0 Å². The van der Waals surface area contributed by atoms with Gasteiger partial charge in [0.25, 0.3) is 0 Å². The Bertz CT molecular complexity index is 10.8. The molecule has 0 amide bonds. The maximum absolute atomic E-state index is 3.82. The summed E-state index contributed by atoms with van der Waals surface area (Å²) in [7, 11) is 2.41. The van der Waals surface area contributed by atoms with Gasteiger partial charge in [-0.1, -0.05) is 0 Å². The van der Waals surface area contributed by atoms with Gasteiger partial charge in [-0.25, -0.2) is 0 Å². The van der Waals surface area contributed by atoms with Gasteiger partial charge in [-0.2, -0.15) is 12.6 Å². The summed E-state index contributed by atoms with van der Waals surface area (Å²) in [5.41, 5.74) is 0. The van der Waals surface area contributed by atoms with E-state index in [0.29, 0.717) is 0 Å². The van der Waals surface area contributed by atoms with Crippen LogP contribution in [0.3, 0.4) is 0 Å². The minimum absolute atomic E-state index is 0.194. The Balaban J connectivity index is 2.32. The number of hydrogen-bond donors (Lipinski definition) is 1. The van der Waals surface area contributed by atoms with Crippen molar-refractivity contribution in [3.05, 3.63) is 6.92 Å². The van der Waals surface area contributed by atoms with E-state index in [4.69, 9.17) is 0 Å². The van der Waals surface area contributed by atoms with Crippen LogP contribution in [0.15, 0.2) is 0 Å². The molecular weight excluding hydrogens is 87.1 g/mol. The summed E-state index contributed by atoms with van der Waals surface area (Å²) in [5, 5.41) is 0. The van der Waals surface area contributed by atoms with Crippen molar-refractivity contribution in [3.63, 3.8) is 0 Å². The molecule has 0 N–H and O–H groups in total.